The fourth-order valence-electron chi connectivity index (χ4n) is 3.22. The van der Waals surface area contributed by atoms with Crippen LogP contribution in [0.15, 0.2) is 60.9 Å². The zero-order valence-electron chi connectivity index (χ0n) is 19.0. The number of carbonyl (C=O) groups excluding carboxylic acids is 1. The van der Waals surface area contributed by atoms with Gasteiger partial charge in [0, 0.05) is 17.4 Å². The van der Waals surface area contributed by atoms with Crippen molar-refractivity contribution >= 4 is 11.6 Å². The molecule has 1 N–H and O–H groups in total. The van der Waals surface area contributed by atoms with E-state index in [-0.39, 0.29) is 12.5 Å². The summed E-state index contributed by atoms with van der Waals surface area (Å²) in [5.41, 5.74) is 3.57. The molecule has 2 heterocycles. The summed E-state index contributed by atoms with van der Waals surface area (Å²) in [7, 11) is 0. The fourth-order valence-corrected chi connectivity index (χ4v) is 3.22. The molecule has 0 fully saturated rings. The number of hydrogen-bond acceptors (Lipinski definition) is 6. The Bertz CT molecular complexity index is 1280. The van der Waals surface area contributed by atoms with E-state index in [1.807, 2.05) is 56.5 Å². The van der Waals surface area contributed by atoms with E-state index < -0.39 is 0 Å². The van der Waals surface area contributed by atoms with Crippen molar-refractivity contribution in [3.63, 3.8) is 0 Å². The van der Waals surface area contributed by atoms with Crippen molar-refractivity contribution < 1.29 is 14.3 Å². The highest BCUT2D eigenvalue weighted by molar-refractivity contribution is 5.91. The number of carbonyl (C=O) groups is 1. The largest absolute Gasteiger partial charge is 0.483 e. The van der Waals surface area contributed by atoms with Gasteiger partial charge in [0.1, 0.15) is 29.5 Å². The second-order valence-corrected chi connectivity index (χ2v) is 7.63. The highest BCUT2D eigenvalue weighted by Crippen LogP contribution is 2.24. The molecule has 0 aliphatic carbocycles. The average molecular weight is 444 g/mol. The Morgan fingerprint density at radius 3 is 2.45 bits per heavy atom. The maximum absolute atomic E-state index is 12.2. The first-order chi connectivity index (χ1) is 15.9. The zero-order chi connectivity index (χ0) is 23.4. The number of para-hydroxylation sites is 1. The lowest BCUT2D eigenvalue weighted by molar-refractivity contribution is -0.118. The molecule has 0 saturated carbocycles. The van der Waals surface area contributed by atoms with Gasteiger partial charge in [-0.25, -0.2) is 9.97 Å². The quantitative estimate of drug-likeness (QED) is 0.445. The minimum Gasteiger partial charge on any atom is -0.483 e. The number of benzene rings is 2. The van der Waals surface area contributed by atoms with Crippen molar-refractivity contribution in [1.29, 1.82) is 0 Å². The van der Waals surface area contributed by atoms with Crippen molar-refractivity contribution in [1.82, 2.24) is 19.5 Å². The third kappa shape index (κ3) is 5.35. The number of nitrogens with one attached hydrogen (secondary N) is 1. The van der Waals surface area contributed by atoms with Crippen molar-refractivity contribution in [2.45, 2.75) is 27.7 Å². The summed E-state index contributed by atoms with van der Waals surface area (Å²) in [5.74, 6) is 2.74. The molecule has 0 radical (unpaired) electrons. The summed E-state index contributed by atoms with van der Waals surface area (Å²) in [4.78, 5) is 25.4. The monoisotopic (exact) mass is 443 g/mol. The van der Waals surface area contributed by atoms with Gasteiger partial charge < -0.3 is 14.8 Å². The molecule has 1 amide bonds. The van der Waals surface area contributed by atoms with Crippen LogP contribution in [0.5, 0.6) is 17.4 Å². The smallest absolute Gasteiger partial charge is 0.262 e. The molecule has 0 aliphatic heterocycles. The highest BCUT2D eigenvalue weighted by Gasteiger charge is 2.10. The number of aromatic nitrogens is 4. The number of ether oxygens (including phenoxy) is 2. The van der Waals surface area contributed by atoms with Crippen LogP contribution in [0, 0.1) is 27.7 Å². The van der Waals surface area contributed by atoms with Gasteiger partial charge in [0.05, 0.1) is 5.69 Å². The van der Waals surface area contributed by atoms with Gasteiger partial charge in [0.2, 0.25) is 5.88 Å². The first-order valence-corrected chi connectivity index (χ1v) is 10.5. The molecule has 2 aromatic heterocycles. The van der Waals surface area contributed by atoms with Gasteiger partial charge in [-0.05, 0) is 63.6 Å². The van der Waals surface area contributed by atoms with Crippen LogP contribution in [0.25, 0.3) is 5.82 Å². The van der Waals surface area contributed by atoms with E-state index in [9.17, 15) is 4.79 Å². The first kappa shape index (κ1) is 22.0. The van der Waals surface area contributed by atoms with Gasteiger partial charge in [0.15, 0.2) is 6.61 Å². The molecule has 0 saturated heterocycles. The zero-order valence-corrected chi connectivity index (χ0v) is 19.0. The third-order valence-electron chi connectivity index (χ3n) is 5.11. The second-order valence-electron chi connectivity index (χ2n) is 7.63. The normalized spacial score (nSPS) is 10.7. The molecule has 168 valence electrons. The minimum absolute atomic E-state index is 0.0702. The molecular formula is C25H25N5O3. The molecule has 8 nitrogen and oxygen atoms in total. The van der Waals surface area contributed by atoms with Gasteiger partial charge in [0.25, 0.3) is 5.91 Å². The van der Waals surface area contributed by atoms with E-state index >= 15 is 0 Å². The van der Waals surface area contributed by atoms with E-state index in [2.05, 4.69) is 20.3 Å². The van der Waals surface area contributed by atoms with Gasteiger partial charge in [-0.2, -0.15) is 4.98 Å². The number of rotatable bonds is 7. The number of anilines is 1. The number of hydrogen-bond donors (Lipinski definition) is 1. The van der Waals surface area contributed by atoms with Crippen molar-refractivity contribution in [2.75, 3.05) is 11.9 Å². The highest BCUT2D eigenvalue weighted by atomic mass is 16.5. The molecule has 0 aliphatic rings. The van der Waals surface area contributed by atoms with Crippen LogP contribution >= 0.6 is 0 Å². The summed E-state index contributed by atoms with van der Waals surface area (Å²) in [6.07, 6.45) is 1.73. The Labute approximate surface area is 192 Å². The number of aryl methyl sites for hydroxylation is 3. The van der Waals surface area contributed by atoms with Crippen LogP contribution in [-0.4, -0.2) is 32.0 Å². The Morgan fingerprint density at radius 2 is 1.76 bits per heavy atom. The molecule has 8 heteroatoms. The van der Waals surface area contributed by atoms with Gasteiger partial charge in [-0.3, -0.25) is 9.36 Å². The van der Waals surface area contributed by atoms with Crippen LogP contribution in [0.1, 0.15) is 22.8 Å². The van der Waals surface area contributed by atoms with Crippen molar-refractivity contribution in [2.24, 2.45) is 0 Å². The number of amides is 1. The van der Waals surface area contributed by atoms with Gasteiger partial charge >= 0.3 is 0 Å². The number of imidazole rings is 1. The summed E-state index contributed by atoms with van der Waals surface area (Å²) < 4.78 is 13.4. The minimum atomic E-state index is -0.242. The molecule has 0 atom stereocenters. The Hall–Kier alpha value is -4.20. The van der Waals surface area contributed by atoms with E-state index in [0.717, 1.165) is 17.0 Å². The molecule has 2 aromatic carbocycles. The van der Waals surface area contributed by atoms with Gasteiger partial charge in [-0.15, -0.1) is 0 Å². The van der Waals surface area contributed by atoms with E-state index in [1.165, 1.54) is 0 Å². The van der Waals surface area contributed by atoms with Crippen LogP contribution in [0.2, 0.25) is 0 Å². The third-order valence-corrected chi connectivity index (χ3v) is 5.11. The predicted molar refractivity (Wildman–Crippen MR) is 125 cm³/mol. The summed E-state index contributed by atoms with van der Waals surface area (Å²) >= 11 is 0. The molecule has 0 spiro atoms. The molecule has 4 aromatic rings. The molecule has 0 unspecified atom stereocenters. The van der Waals surface area contributed by atoms with E-state index in [1.54, 1.807) is 36.7 Å². The van der Waals surface area contributed by atoms with Crippen LogP contribution in [-0.2, 0) is 4.79 Å². The lowest BCUT2D eigenvalue weighted by Gasteiger charge is -2.11. The Balaban J connectivity index is 1.39. The summed E-state index contributed by atoms with van der Waals surface area (Å²) in [6, 6.07) is 16.4. The van der Waals surface area contributed by atoms with Crippen molar-refractivity contribution in [3.05, 3.63) is 83.7 Å². The molecule has 0 bridgehead atoms. The average Bonchev–Trinajstić information content (AvgIpc) is 3.12. The lowest BCUT2D eigenvalue weighted by atomic mass is 10.2. The van der Waals surface area contributed by atoms with Crippen LogP contribution in [0.4, 0.5) is 5.69 Å². The van der Waals surface area contributed by atoms with Crippen molar-refractivity contribution in [3.8, 4) is 23.2 Å². The second kappa shape index (κ2) is 9.52. The predicted octanol–water partition coefficient (Wildman–Crippen LogP) is 4.71. The molecule has 33 heavy (non-hydrogen) atoms. The van der Waals surface area contributed by atoms with Crippen LogP contribution in [0.3, 0.4) is 0 Å². The van der Waals surface area contributed by atoms with E-state index in [0.29, 0.717) is 34.7 Å². The van der Waals surface area contributed by atoms with Gasteiger partial charge in [-0.1, -0.05) is 18.2 Å². The summed E-state index contributed by atoms with van der Waals surface area (Å²) in [5, 5.41) is 2.82. The maximum Gasteiger partial charge on any atom is 0.262 e. The lowest BCUT2D eigenvalue weighted by Crippen LogP contribution is -2.20. The SMILES string of the molecule is Cc1nc(Oc2ccc(NC(=O)COc3ccccc3C)cc2)cc(-n2cnc(C)c2C)n1. The Morgan fingerprint density at radius 1 is 1.00 bits per heavy atom. The standard InChI is InChI=1S/C25H25N5O3/c1-16-7-5-6-8-22(16)32-14-24(31)29-20-9-11-21(12-10-20)33-25-13-23(27-19(4)28-25)30-15-26-17(2)18(30)3/h5-13,15H,14H2,1-4H3,(H,29,31). The molecular weight excluding hydrogens is 418 g/mol. The number of nitrogens with zero attached hydrogens (tertiary/aromatic N) is 4. The Kier molecular flexibility index (Phi) is 6.35. The van der Waals surface area contributed by atoms with E-state index in [4.69, 9.17) is 9.47 Å². The fraction of sp³-hybridized carbons (Fsp3) is 0.200. The summed E-state index contributed by atoms with van der Waals surface area (Å²) in [6.45, 7) is 7.61. The topological polar surface area (TPSA) is 91.2 Å². The van der Waals surface area contributed by atoms with Crippen LogP contribution < -0.4 is 14.8 Å². The molecule has 4 rings (SSSR count). The first-order valence-electron chi connectivity index (χ1n) is 10.5. The maximum atomic E-state index is 12.2.